The lowest BCUT2D eigenvalue weighted by atomic mass is 9.91. The van der Waals surface area contributed by atoms with Gasteiger partial charge < -0.3 is 15.6 Å². The number of nitrogens with two attached hydrogens (primary N) is 1. The first kappa shape index (κ1) is 23.8. The number of esters is 1. The van der Waals surface area contributed by atoms with Crippen molar-refractivity contribution in [1.29, 1.82) is 0 Å². The topological polar surface area (TPSA) is 72.5 Å². The maximum absolute atomic E-state index is 11.8. The predicted molar refractivity (Wildman–Crippen MR) is 130 cm³/mol. The van der Waals surface area contributed by atoms with E-state index in [0.717, 1.165) is 55.2 Å². The van der Waals surface area contributed by atoms with Crippen molar-refractivity contribution >= 4 is 12.0 Å². The standard InChI is InChI=1S/C28H35NO3/c1-20-7-10-22(11-8-20)13-16-27(31)32-17-5-3-4-6-23-12-14-24(19-23)28(29)25-15-9-21(2)18-26(25)30/h6-11,13,15-16,18,24,28,30H,3-5,12,14,17,19,29H2,1-2H3/b16-13+,23-6+. The Morgan fingerprint density at radius 3 is 2.66 bits per heavy atom. The molecule has 1 saturated carbocycles. The predicted octanol–water partition coefficient (Wildman–Crippen LogP) is 6.16. The van der Waals surface area contributed by atoms with Crippen molar-refractivity contribution in [2.24, 2.45) is 11.7 Å². The Labute approximate surface area is 191 Å². The van der Waals surface area contributed by atoms with E-state index in [-0.39, 0.29) is 12.0 Å². The molecule has 32 heavy (non-hydrogen) atoms. The van der Waals surface area contributed by atoms with Gasteiger partial charge in [0.25, 0.3) is 0 Å². The van der Waals surface area contributed by atoms with E-state index >= 15 is 0 Å². The number of carbonyl (C=O) groups is 1. The first-order valence-corrected chi connectivity index (χ1v) is 11.6. The van der Waals surface area contributed by atoms with Gasteiger partial charge in [-0.15, -0.1) is 0 Å². The van der Waals surface area contributed by atoms with Gasteiger partial charge in [-0.2, -0.15) is 0 Å². The van der Waals surface area contributed by atoms with Crippen LogP contribution in [0.2, 0.25) is 0 Å². The first-order valence-electron chi connectivity index (χ1n) is 11.6. The Morgan fingerprint density at radius 1 is 1.16 bits per heavy atom. The summed E-state index contributed by atoms with van der Waals surface area (Å²) in [6.45, 7) is 4.45. The number of unbranched alkanes of at least 4 members (excludes halogenated alkanes) is 2. The summed E-state index contributed by atoms with van der Waals surface area (Å²) in [5.41, 5.74) is 12.0. The smallest absolute Gasteiger partial charge is 0.330 e. The molecule has 170 valence electrons. The number of hydrogen-bond donors (Lipinski definition) is 2. The number of benzene rings is 2. The fourth-order valence-electron chi connectivity index (χ4n) is 4.21. The fourth-order valence-corrected chi connectivity index (χ4v) is 4.21. The van der Waals surface area contributed by atoms with Crippen LogP contribution in [-0.2, 0) is 9.53 Å². The minimum atomic E-state index is -0.295. The van der Waals surface area contributed by atoms with Crippen LogP contribution in [0.4, 0.5) is 0 Å². The number of allylic oxidation sites excluding steroid dienone is 2. The number of phenols is 1. The van der Waals surface area contributed by atoms with E-state index in [1.807, 2.05) is 50.2 Å². The number of hydrogen-bond acceptors (Lipinski definition) is 4. The molecule has 0 saturated heterocycles. The van der Waals surface area contributed by atoms with Crippen LogP contribution < -0.4 is 5.73 Å². The van der Waals surface area contributed by atoms with Crippen molar-refractivity contribution in [3.63, 3.8) is 0 Å². The molecular weight excluding hydrogens is 398 g/mol. The number of carbonyl (C=O) groups excluding carboxylic acids is 1. The summed E-state index contributed by atoms with van der Waals surface area (Å²) in [7, 11) is 0. The van der Waals surface area contributed by atoms with E-state index in [9.17, 15) is 9.90 Å². The normalized spacial score (nSPS) is 18.3. The summed E-state index contributed by atoms with van der Waals surface area (Å²) in [6, 6.07) is 13.6. The average molecular weight is 434 g/mol. The Bertz CT molecular complexity index is 959. The molecule has 3 rings (SSSR count). The number of aryl methyl sites for hydroxylation is 2. The number of ether oxygens (including phenoxy) is 1. The Kier molecular flexibility index (Phi) is 8.69. The van der Waals surface area contributed by atoms with Gasteiger partial charge in [-0.3, -0.25) is 0 Å². The third-order valence-electron chi connectivity index (χ3n) is 6.18. The highest BCUT2D eigenvalue weighted by Gasteiger charge is 2.27. The summed E-state index contributed by atoms with van der Waals surface area (Å²) in [4.78, 5) is 11.8. The monoisotopic (exact) mass is 433 g/mol. The zero-order chi connectivity index (χ0) is 22.9. The molecule has 0 spiro atoms. The van der Waals surface area contributed by atoms with Crippen molar-refractivity contribution in [2.45, 2.75) is 58.4 Å². The Morgan fingerprint density at radius 2 is 1.91 bits per heavy atom. The van der Waals surface area contributed by atoms with Crippen LogP contribution in [0.25, 0.3) is 6.08 Å². The maximum atomic E-state index is 11.8. The molecule has 0 bridgehead atoms. The van der Waals surface area contributed by atoms with Crippen molar-refractivity contribution in [2.75, 3.05) is 6.61 Å². The maximum Gasteiger partial charge on any atom is 0.330 e. The van der Waals surface area contributed by atoms with E-state index in [0.29, 0.717) is 18.3 Å². The second-order valence-electron chi connectivity index (χ2n) is 8.86. The van der Waals surface area contributed by atoms with Gasteiger partial charge >= 0.3 is 5.97 Å². The lowest BCUT2D eigenvalue weighted by molar-refractivity contribution is -0.137. The van der Waals surface area contributed by atoms with Crippen LogP contribution in [0.3, 0.4) is 0 Å². The fraction of sp³-hybridized carbons (Fsp3) is 0.393. The number of phenolic OH excluding ortho intramolecular Hbond substituents is 1. The van der Waals surface area contributed by atoms with E-state index in [4.69, 9.17) is 10.5 Å². The van der Waals surface area contributed by atoms with Crippen molar-refractivity contribution in [3.8, 4) is 5.75 Å². The Hall–Kier alpha value is -2.85. The van der Waals surface area contributed by atoms with Gasteiger partial charge in [0.1, 0.15) is 5.75 Å². The second kappa shape index (κ2) is 11.7. The minimum Gasteiger partial charge on any atom is -0.508 e. The molecule has 0 aliphatic heterocycles. The molecule has 2 unspecified atom stereocenters. The molecule has 1 aliphatic carbocycles. The van der Waals surface area contributed by atoms with Gasteiger partial charge in [0.05, 0.1) is 6.61 Å². The van der Waals surface area contributed by atoms with Crippen LogP contribution in [0.1, 0.15) is 66.8 Å². The number of rotatable bonds is 9. The summed E-state index contributed by atoms with van der Waals surface area (Å²) in [5, 5.41) is 10.2. The zero-order valence-electron chi connectivity index (χ0n) is 19.2. The third-order valence-corrected chi connectivity index (χ3v) is 6.18. The molecule has 4 heteroatoms. The van der Waals surface area contributed by atoms with E-state index in [1.165, 1.54) is 17.2 Å². The van der Waals surface area contributed by atoms with Crippen LogP contribution in [0, 0.1) is 19.8 Å². The van der Waals surface area contributed by atoms with Crippen LogP contribution in [-0.4, -0.2) is 17.7 Å². The van der Waals surface area contributed by atoms with Gasteiger partial charge in [-0.25, -0.2) is 4.79 Å². The third kappa shape index (κ3) is 7.10. The van der Waals surface area contributed by atoms with Gasteiger partial charge in [0.2, 0.25) is 0 Å². The summed E-state index contributed by atoms with van der Waals surface area (Å²) >= 11 is 0. The van der Waals surface area contributed by atoms with Crippen molar-refractivity contribution < 1.29 is 14.6 Å². The summed E-state index contributed by atoms with van der Waals surface area (Å²) in [6.07, 6.45) is 11.6. The second-order valence-corrected chi connectivity index (χ2v) is 8.86. The molecule has 0 heterocycles. The van der Waals surface area contributed by atoms with E-state index in [2.05, 4.69) is 6.08 Å². The molecule has 1 fully saturated rings. The van der Waals surface area contributed by atoms with Crippen molar-refractivity contribution in [3.05, 3.63) is 82.4 Å². The van der Waals surface area contributed by atoms with Gasteiger partial charge in [0, 0.05) is 17.7 Å². The van der Waals surface area contributed by atoms with E-state index < -0.39 is 0 Å². The zero-order valence-corrected chi connectivity index (χ0v) is 19.2. The Balaban J connectivity index is 1.33. The largest absolute Gasteiger partial charge is 0.508 e. The molecule has 0 radical (unpaired) electrons. The first-order chi connectivity index (χ1) is 15.4. The highest BCUT2D eigenvalue weighted by molar-refractivity contribution is 5.87. The average Bonchev–Trinajstić information content (AvgIpc) is 3.24. The number of aromatic hydroxyl groups is 1. The quantitative estimate of drug-likeness (QED) is 0.215. The molecule has 3 N–H and O–H groups in total. The molecule has 0 aromatic heterocycles. The van der Waals surface area contributed by atoms with Gasteiger partial charge in [-0.05, 0) is 81.6 Å². The molecule has 1 aliphatic rings. The molecule has 0 amide bonds. The molecule has 2 aromatic rings. The van der Waals surface area contributed by atoms with Gasteiger partial charge in [0.15, 0.2) is 0 Å². The summed E-state index contributed by atoms with van der Waals surface area (Å²) in [5.74, 6) is 0.380. The van der Waals surface area contributed by atoms with Crippen LogP contribution in [0.15, 0.2) is 60.2 Å². The lowest BCUT2D eigenvalue weighted by Crippen LogP contribution is -2.19. The van der Waals surface area contributed by atoms with Gasteiger partial charge in [-0.1, -0.05) is 53.6 Å². The highest BCUT2D eigenvalue weighted by atomic mass is 16.5. The van der Waals surface area contributed by atoms with E-state index in [1.54, 1.807) is 12.1 Å². The molecule has 4 nitrogen and oxygen atoms in total. The van der Waals surface area contributed by atoms with Crippen molar-refractivity contribution in [1.82, 2.24) is 0 Å². The summed E-state index contributed by atoms with van der Waals surface area (Å²) < 4.78 is 5.29. The minimum absolute atomic E-state index is 0.131. The molecule has 2 atom stereocenters. The lowest BCUT2D eigenvalue weighted by Gasteiger charge is -2.20. The molecule has 2 aromatic carbocycles. The molecular formula is C28H35NO3. The SMILES string of the molecule is Cc1ccc(/C=C/C(=O)OCCCC/C=C2\CCC(C(N)c3ccc(C)cc3O)C2)cc1. The highest BCUT2D eigenvalue weighted by Crippen LogP contribution is 2.40. The van der Waals surface area contributed by atoms with Crippen LogP contribution >= 0.6 is 0 Å². The van der Waals surface area contributed by atoms with Crippen LogP contribution in [0.5, 0.6) is 5.75 Å².